The highest BCUT2D eigenvalue weighted by molar-refractivity contribution is 6.03. The van der Waals surface area contributed by atoms with E-state index in [2.05, 4.69) is 10.6 Å². The van der Waals surface area contributed by atoms with Crippen LogP contribution in [-0.4, -0.2) is 26.0 Å². The number of anilines is 1. The van der Waals surface area contributed by atoms with Crippen LogP contribution in [0.3, 0.4) is 0 Å². The summed E-state index contributed by atoms with van der Waals surface area (Å²) in [7, 11) is 3.37. The molecule has 0 amide bonds. The minimum absolute atomic E-state index is 0.0419. The standard InChI is InChI=1S/C24H27N5O2/c1-27-23(25)28-24(26)29(2)20-13-14-21(30-16-18-9-5-3-6-10-18)22(15-20)31-17-19-11-7-4-8-12-19/h3-15H,16-17H2,1-2H3,(H4,25,26,27,28). The second-order valence-corrected chi connectivity index (χ2v) is 6.84. The lowest BCUT2D eigenvalue weighted by Gasteiger charge is -2.22. The molecule has 0 aliphatic heterocycles. The Morgan fingerprint density at radius 1 is 0.806 bits per heavy atom. The molecule has 3 aromatic carbocycles. The summed E-state index contributed by atoms with van der Waals surface area (Å²) >= 11 is 0. The second-order valence-electron chi connectivity index (χ2n) is 6.84. The van der Waals surface area contributed by atoms with Crippen LogP contribution in [0.15, 0.2) is 78.9 Å². The Labute approximate surface area is 182 Å². The van der Waals surface area contributed by atoms with Crippen LogP contribution in [0.2, 0.25) is 0 Å². The molecule has 0 spiro atoms. The van der Waals surface area contributed by atoms with Crippen LogP contribution in [0.1, 0.15) is 11.1 Å². The Kier molecular flexibility index (Phi) is 7.48. The van der Waals surface area contributed by atoms with Gasteiger partial charge in [0.1, 0.15) is 13.2 Å². The Balaban J connectivity index is 1.79. The lowest BCUT2D eigenvalue weighted by Crippen LogP contribution is -2.45. The van der Waals surface area contributed by atoms with Gasteiger partial charge in [0.15, 0.2) is 17.5 Å². The average molecular weight is 418 g/mol. The molecule has 0 fully saturated rings. The number of hydrogen-bond acceptors (Lipinski definition) is 4. The summed E-state index contributed by atoms with van der Waals surface area (Å²) in [6.45, 7) is 0.824. The van der Waals surface area contributed by atoms with Crippen molar-refractivity contribution in [1.82, 2.24) is 10.6 Å². The van der Waals surface area contributed by atoms with Gasteiger partial charge in [0.2, 0.25) is 5.96 Å². The van der Waals surface area contributed by atoms with Crippen molar-refractivity contribution in [3.63, 3.8) is 0 Å². The summed E-state index contributed by atoms with van der Waals surface area (Å²) in [6.07, 6.45) is 0. The van der Waals surface area contributed by atoms with Gasteiger partial charge in [0, 0.05) is 25.8 Å². The third-order valence-electron chi connectivity index (χ3n) is 4.62. The van der Waals surface area contributed by atoms with Gasteiger partial charge in [-0.2, -0.15) is 0 Å². The zero-order chi connectivity index (χ0) is 22.1. The van der Waals surface area contributed by atoms with Crippen molar-refractivity contribution in [3.05, 3.63) is 90.0 Å². The maximum Gasteiger partial charge on any atom is 0.202 e. The summed E-state index contributed by atoms with van der Waals surface area (Å²) in [4.78, 5) is 1.63. The first kappa shape index (κ1) is 21.7. The molecular weight excluding hydrogens is 390 g/mol. The molecule has 3 rings (SSSR count). The predicted molar refractivity (Wildman–Crippen MR) is 124 cm³/mol. The third kappa shape index (κ3) is 6.24. The van der Waals surface area contributed by atoms with Crippen molar-refractivity contribution in [3.8, 4) is 11.5 Å². The summed E-state index contributed by atoms with van der Waals surface area (Å²) in [6, 6.07) is 25.4. The number of rotatable bonds is 7. The highest BCUT2D eigenvalue weighted by Crippen LogP contribution is 2.33. The van der Waals surface area contributed by atoms with Gasteiger partial charge in [-0.15, -0.1) is 0 Å². The first-order valence-corrected chi connectivity index (χ1v) is 9.90. The van der Waals surface area contributed by atoms with E-state index in [0.29, 0.717) is 24.7 Å². The summed E-state index contributed by atoms with van der Waals surface area (Å²) in [5.41, 5.74) is 2.85. The molecule has 160 valence electrons. The van der Waals surface area contributed by atoms with E-state index in [1.165, 1.54) is 0 Å². The Morgan fingerprint density at radius 3 is 1.90 bits per heavy atom. The maximum atomic E-state index is 8.18. The van der Waals surface area contributed by atoms with Gasteiger partial charge in [-0.1, -0.05) is 60.7 Å². The Morgan fingerprint density at radius 2 is 1.35 bits per heavy atom. The van der Waals surface area contributed by atoms with Gasteiger partial charge in [0.05, 0.1) is 0 Å². The largest absolute Gasteiger partial charge is 0.485 e. The molecule has 7 nitrogen and oxygen atoms in total. The fourth-order valence-corrected chi connectivity index (χ4v) is 2.80. The third-order valence-corrected chi connectivity index (χ3v) is 4.62. The van der Waals surface area contributed by atoms with Crippen LogP contribution in [0.5, 0.6) is 11.5 Å². The molecule has 0 bridgehead atoms. The Bertz CT molecular complexity index is 1010. The first-order valence-electron chi connectivity index (χ1n) is 9.90. The minimum Gasteiger partial charge on any atom is -0.485 e. The first-order chi connectivity index (χ1) is 15.1. The van der Waals surface area contributed by atoms with Crippen molar-refractivity contribution in [2.45, 2.75) is 13.2 Å². The molecule has 0 aromatic heterocycles. The van der Waals surface area contributed by atoms with E-state index in [0.717, 1.165) is 16.8 Å². The molecule has 31 heavy (non-hydrogen) atoms. The highest BCUT2D eigenvalue weighted by atomic mass is 16.5. The molecular formula is C24H27N5O2. The Hall–Kier alpha value is -4.00. The van der Waals surface area contributed by atoms with Gasteiger partial charge < -0.3 is 19.7 Å². The van der Waals surface area contributed by atoms with Crippen LogP contribution in [0.4, 0.5) is 5.69 Å². The van der Waals surface area contributed by atoms with E-state index in [1.54, 1.807) is 19.0 Å². The normalized spacial score (nSPS) is 10.1. The van der Waals surface area contributed by atoms with Crippen molar-refractivity contribution in [2.75, 3.05) is 19.0 Å². The summed E-state index contributed by atoms with van der Waals surface area (Å²) in [5, 5.41) is 21.2. The number of nitrogens with one attached hydrogen (secondary N) is 4. The van der Waals surface area contributed by atoms with Gasteiger partial charge in [-0.05, 0) is 23.3 Å². The molecule has 0 saturated heterocycles. The number of benzene rings is 3. The van der Waals surface area contributed by atoms with Crippen molar-refractivity contribution in [2.24, 2.45) is 0 Å². The number of hydrogen-bond donors (Lipinski definition) is 4. The van der Waals surface area contributed by atoms with E-state index in [9.17, 15) is 0 Å². The molecule has 3 aromatic rings. The van der Waals surface area contributed by atoms with Crippen molar-refractivity contribution in [1.29, 1.82) is 10.8 Å². The van der Waals surface area contributed by atoms with E-state index >= 15 is 0 Å². The predicted octanol–water partition coefficient (Wildman–Crippen LogP) is 3.96. The average Bonchev–Trinajstić information content (AvgIpc) is 2.82. The van der Waals surface area contributed by atoms with Crippen LogP contribution in [0, 0.1) is 10.8 Å². The second kappa shape index (κ2) is 10.7. The van der Waals surface area contributed by atoms with E-state index < -0.39 is 0 Å². The van der Waals surface area contributed by atoms with E-state index in [-0.39, 0.29) is 11.9 Å². The zero-order valence-corrected chi connectivity index (χ0v) is 17.7. The molecule has 0 unspecified atom stereocenters. The van der Waals surface area contributed by atoms with Crippen molar-refractivity contribution < 1.29 is 9.47 Å². The SMILES string of the molecule is CNC(=N)NC(=N)N(C)c1ccc(OCc2ccccc2)c(OCc2ccccc2)c1. The monoisotopic (exact) mass is 417 g/mol. The number of ether oxygens (including phenoxy) is 2. The fourth-order valence-electron chi connectivity index (χ4n) is 2.80. The maximum absolute atomic E-state index is 8.18. The smallest absolute Gasteiger partial charge is 0.202 e. The van der Waals surface area contributed by atoms with Crippen LogP contribution < -0.4 is 25.0 Å². The van der Waals surface area contributed by atoms with Crippen molar-refractivity contribution >= 4 is 17.6 Å². The van der Waals surface area contributed by atoms with Crippen LogP contribution in [0.25, 0.3) is 0 Å². The van der Waals surface area contributed by atoms with E-state index in [4.69, 9.17) is 20.3 Å². The molecule has 0 radical (unpaired) electrons. The topological polar surface area (TPSA) is 93.5 Å². The lowest BCUT2D eigenvalue weighted by atomic mass is 10.2. The minimum atomic E-state index is 0.0419. The number of guanidine groups is 2. The van der Waals surface area contributed by atoms with Gasteiger partial charge in [-0.3, -0.25) is 16.1 Å². The fraction of sp³-hybridized carbons (Fsp3) is 0.167. The molecule has 0 aliphatic carbocycles. The quantitative estimate of drug-likeness (QED) is 0.345. The molecule has 0 saturated carbocycles. The van der Waals surface area contributed by atoms with E-state index in [1.807, 2.05) is 78.9 Å². The molecule has 0 heterocycles. The lowest BCUT2D eigenvalue weighted by molar-refractivity contribution is 0.256. The van der Waals surface area contributed by atoms with Crippen LogP contribution >= 0.6 is 0 Å². The molecule has 0 aliphatic rings. The summed E-state index contributed by atoms with van der Waals surface area (Å²) in [5.74, 6) is 1.31. The summed E-state index contributed by atoms with van der Waals surface area (Å²) < 4.78 is 12.1. The zero-order valence-electron chi connectivity index (χ0n) is 17.7. The van der Waals surface area contributed by atoms with Crippen LogP contribution in [-0.2, 0) is 13.2 Å². The highest BCUT2D eigenvalue weighted by Gasteiger charge is 2.13. The molecule has 4 N–H and O–H groups in total. The molecule has 7 heteroatoms. The van der Waals surface area contributed by atoms with Gasteiger partial charge in [0.25, 0.3) is 0 Å². The number of nitrogens with zero attached hydrogens (tertiary/aromatic N) is 1. The molecule has 0 atom stereocenters. The van der Waals surface area contributed by atoms with Gasteiger partial charge in [-0.25, -0.2) is 0 Å². The van der Waals surface area contributed by atoms with Gasteiger partial charge >= 0.3 is 0 Å².